The quantitative estimate of drug-likeness (QED) is 0.747. The first-order valence-corrected chi connectivity index (χ1v) is 9.42. The van der Waals surface area contributed by atoms with Gasteiger partial charge in [0, 0.05) is 15.7 Å². The van der Waals surface area contributed by atoms with Crippen molar-refractivity contribution in [1.82, 2.24) is 0 Å². The monoisotopic (exact) mass is 436 g/mol. The van der Waals surface area contributed by atoms with Crippen molar-refractivity contribution in [2.24, 2.45) is 0 Å². The Hall–Kier alpha value is -2.77. The minimum Gasteiger partial charge on any atom is -0.478 e. The number of carboxylic acid groups (broad SMARTS) is 1. The van der Waals surface area contributed by atoms with Crippen LogP contribution < -0.4 is 15.0 Å². The standard InChI is InChI=1S/C20H18Cl2N2O5/c1-10(17(25)23-14-8-12(21)7-13(22)9-14)24-15-6-11(18(26)27)4-5-16(15)29-20(2,3)19(24)28/h4-10H,1-3H3,(H,23,25)(H,26,27). The van der Waals surface area contributed by atoms with Gasteiger partial charge >= 0.3 is 5.97 Å². The van der Waals surface area contributed by atoms with Crippen molar-refractivity contribution in [3.63, 3.8) is 0 Å². The van der Waals surface area contributed by atoms with Crippen molar-refractivity contribution in [2.45, 2.75) is 32.4 Å². The van der Waals surface area contributed by atoms with Crippen molar-refractivity contribution in [2.75, 3.05) is 10.2 Å². The van der Waals surface area contributed by atoms with E-state index in [1.54, 1.807) is 13.8 Å². The zero-order valence-electron chi connectivity index (χ0n) is 15.8. The molecular weight excluding hydrogens is 419 g/mol. The van der Waals surface area contributed by atoms with E-state index in [0.29, 0.717) is 21.5 Å². The number of ether oxygens (including phenoxy) is 1. The SMILES string of the molecule is CC(C(=O)Nc1cc(Cl)cc(Cl)c1)N1C(=O)C(C)(C)Oc2ccc(C(=O)O)cc21. The predicted octanol–water partition coefficient (Wildman–Crippen LogP) is 4.22. The van der Waals surface area contributed by atoms with E-state index in [1.165, 1.54) is 48.2 Å². The summed E-state index contributed by atoms with van der Waals surface area (Å²) in [6.45, 7) is 4.70. The van der Waals surface area contributed by atoms with Crippen LogP contribution in [-0.2, 0) is 9.59 Å². The smallest absolute Gasteiger partial charge is 0.335 e. The van der Waals surface area contributed by atoms with Gasteiger partial charge in [-0.2, -0.15) is 0 Å². The third-order valence-electron chi connectivity index (χ3n) is 4.46. The fraction of sp³-hybridized carbons (Fsp3) is 0.250. The molecule has 0 saturated carbocycles. The molecule has 0 aromatic heterocycles. The lowest BCUT2D eigenvalue weighted by atomic mass is 10.0. The molecule has 0 radical (unpaired) electrons. The number of amides is 2. The molecule has 2 amide bonds. The molecule has 1 atom stereocenters. The van der Waals surface area contributed by atoms with Crippen LogP contribution in [-0.4, -0.2) is 34.5 Å². The summed E-state index contributed by atoms with van der Waals surface area (Å²) in [6, 6.07) is 7.78. The Kier molecular flexibility index (Phi) is 5.47. The normalized spacial score (nSPS) is 15.9. The summed E-state index contributed by atoms with van der Waals surface area (Å²) in [7, 11) is 0. The molecule has 0 spiro atoms. The number of nitrogens with zero attached hydrogens (tertiary/aromatic N) is 1. The molecule has 9 heteroatoms. The average Bonchev–Trinajstić information content (AvgIpc) is 2.60. The van der Waals surface area contributed by atoms with Gasteiger partial charge in [-0.1, -0.05) is 23.2 Å². The largest absolute Gasteiger partial charge is 0.478 e. The number of nitrogens with one attached hydrogen (secondary N) is 1. The first kappa shape index (κ1) is 21.0. The van der Waals surface area contributed by atoms with Gasteiger partial charge in [-0.05, 0) is 57.2 Å². The van der Waals surface area contributed by atoms with E-state index in [1.807, 2.05) is 0 Å². The van der Waals surface area contributed by atoms with E-state index >= 15 is 0 Å². The van der Waals surface area contributed by atoms with Crippen LogP contribution in [0.3, 0.4) is 0 Å². The number of benzene rings is 2. The second-order valence-electron chi connectivity index (χ2n) is 7.10. The maximum absolute atomic E-state index is 13.0. The van der Waals surface area contributed by atoms with Gasteiger partial charge in [0.25, 0.3) is 5.91 Å². The molecule has 1 unspecified atom stereocenters. The molecule has 2 aromatic carbocycles. The maximum Gasteiger partial charge on any atom is 0.335 e. The Morgan fingerprint density at radius 1 is 1.14 bits per heavy atom. The Bertz CT molecular complexity index is 1000. The average molecular weight is 437 g/mol. The van der Waals surface area contributed by atoms with E-state index in [2.05, 4.69) is 5.32 Å². The number of rotatable bonds is 4. The molecule has 0 saturated heterocycles. The summed E-state index contributed by atoms with van der Waals surface area (Å²) in [6.07, 6.45) is 0. The fourth-order valence-electron chi connectivity index (χ4n) is 3.02. The lowest BCUT2D eigenvalue weighted by molar-refractivity contribution is -0.134. The number of hydrogen-bond donors (Lipinski definition) is 2. The second-order valence-corrected chi connectivity index (χ2v) is 7.97. The lowest BCUT2D eigenvalue weighted by Crippen LogP contribution is -2.58. The number of anilines is 2. The molecule has 1 aliphatic heterocycles. The fourth-order valence-corrected chi connectivity index (χ4v) is 3.54. The molecule has 1 aliphatic rings. The van der Waals surface area contributed by atoms with Crippen LogP contribution in [0.1, 0.15) is 31.1 Å². The Labute approximate surface area is 177 Å². The minimum atomic E-state index is -1.23. The number of carbonyl (C=O) groups is 3. The van der Waals surface area contributed by atoms with Crippen molar-refractivity contribution in [3.05, 3.63) is 52.0 Å². The molecular formula is C20H18Cl2N2O5. The molecule has 0 bridgehead atoms. The second kappa shape index (κ2) is 7.57. The van der Waals surface area contributed by atoms with Gasteiger partial charge < -0.3 is 15.2 Å². The van der Waals surface area contributed by atoms with E-state index in [-0.39, 0.29) is 11.3 Å². The minimum absolute atomic E-state index is 0.0286. The van der Waals surface area contributed by atoms with Crippen molar-refractivity contribution >= 4 is 52.4 Å². The molecule has 0 fully saturated rings. The van der Waals surface area contributed by atoms with Gasteiger partial charge in [0.1, 0.15) is 11.8 Å². The van der Waals surface area contributed by atoms with E-state index < -0.39 is 29.4 Å². The Balaban J connectivity index is 1.98. The van der Waals surface area contributed by atoms with Crippen LogP contribution >= 0.6 is 23.2 Å². The molecule has 152 valence electrons. The molecule has 3 rings (SSSR count). The predicted molar refractivity (Wildman–Crippen MR) is 110 cm³/mol. The van der Waals surface area contributed by atoms with Crippen LogP contribution in [0.15, 0.2) is 36.4 Å². The molecule has 2 aromatic rings. The van der Waals surface area contributed by atoms with Gasteiger partial charge in [-0.15, -0.1) is 0 Å². The molecule has 0 aliphatic carbocycles. The van der Waals surface area contributed by atoms with Crippen LogP contribution in [0.4, 0.5) is 11.4 Å². The van der Waals surface area contributed by atoms with Crippen LogP contribution in [0.25, 0.3) is 0 Å². The molecule has 29 heavy (non-hydrogen) atoms. The van der Waals surface area contributed by atoms with Crippen LogP contribution in [0, 0.1) is 0 Å². The lowest BCUT2D eigenvalue weighted by Gasteiger charge is -2.41. The number of carbonyl (C=O) groups excluding carboxylic acids is 2. The Morgan fingerprint density at radius 3 is 2.34 bits per heavy atom. The highest BCUT2D eigenvalue weighted by Gasteiger charge is 2.44. The summed E-state index contributed by atoms with van der Waals surface area (Å²) in [5.74, 6) is -1.82. The summed E-state index contributed by atoms with van der Waals surface area (Å²) >= 11 is 11.9. The number of halogens is 2. The first-order valence-electron chi connectivity index (χ1n) is 8.66. The highest BCUT2D eigenvalue weighted by molar-refractivity contribution is 6.35. The molecule has 1 heterocycles. The third-order valence-corrected chi connectivity index (χ3v) is 4.90. The highest BCUT2D eigenvalue weighted by Crippen LogP contribution is 2.39. The number of aromatic carboxylic acids is 1. The van der Waals surface area contributed by atoms with Crippen molar-refractivity contribution < 1.29 is 24.2 Å². The molecule has 2 N–H and O–H groups in total. The summed E-state index contributed by atoms with van der Waals surface area (Å²) < 4.78 is 5.73. The van der Waals surface area contributed by atoms with Crippen LogP contribution in [0.5, 0.6) is 5.75 Å². The maximum atomic E-state index is 13.0. The highest BCUT2D eigenvalue weighted by atomic mass is 35.5. The van der Waals surface area contributed by atoms with Gasteiger partial charge in [-0.25, -0.2) is 4.79 Å². The number of fused-ring (bicyclic) bond motifs is 1. The number of hydrogen-bond acceptors (Lipinski definition) is 4. The molecule has 7 nitrogen and oxygen atoms in total. The number of carboxylic acids is 1. The van der Waals surface area contributed by atoms with E-state index in [0.717, 1.165) is 0 Å². The van der Waals surface area contributed by atoms with E-state index in [9.17, 15) is 19.5 Å². The summed E-state index contributed by atoms with van der Waals surface area (Å²) in [5.41, 5.74) is -0.676. The van der Waals surface area contributed by atoms with Gasteiger partial charge in [0.2, 0.25) is 5.91 Å². The van der Waals surface area contributed by atoms with Crippen molar-refractivity contribution in [3.8, 4) is 5.75 Å². The summed E-state index contributed by atoms with van der Waals surface area (Å²) in [4.78, 5) is 38.5. The zero-order valence-corrected chi connectivity index (χ0v) is 17.3. The van der Waals surface area contributed by atoms with Gasteiger partial charge in [0.15, 0.2) is 5.60 Å². The van der Waals surface area contributed by atoms with Gasteiger partial charge in [0.05, 0.1) is 11.3 Å². The zero-order chi connectivity index (χ0) is 21.5. The first-order chi connectivity index (χ1) is 13.5. The van der Waals surface area contributed by atoms with E-state index in [4.69, 9.17) is 27.9 Å². The Morgan fingerprint density at radius 2 is 1.76 bits per heavy atom. The van der Waals surface area contributed by atoms with Crippen molar-refractivity contribution in [1.29, 1.82) is 0 Å². The topological polar surface area (TPSA) is 95.9 Å². The third kappa shape index (κ3) is 4.16. The summed E-state index contributed by atoms with van der Waals surface area (Å²) in [5, 5.41) is 12.7. The van der Waals surface area contributed by atoms with Gasteiger partial charge in [-0.3, -0.25) is 14.5 Å². The van der Waals surface area contributed by atoms with Crippen LogP contribution in [0.2, 0.25) is 10.0 Å².